The normalized spacial score (nSPS) is 13.2. The van der Waals surface area contributed by atoms with Crippen molar-refractivity contribution in [2.24, 2.45) is 5.92 Å². The van der Waals surface area contributed by atoms with E-state index in [1.807, 2.05) is 7.11 Å². The summed E-state index contributed by atoms with van der Waals surface area (Å²) >= 11 is 0. The Balaban J connectivity index is 3.46. The maximum absolute atomic E-state index is 5.28. The molecule has 0 fully saturated rings. The van der Waals surface area contributed by atoms with Crippen molar-refractivity contribution in [1.82, 2.24) is 4.90 Å². The van der Waals surface area contributed by atoms with Gasteiger partial charge >= 0.3 is 0 Å². The first-order valence-electron chi connectivity index (χ1n) is 7.49. The van der Waals surface area contributed by atoms with Gasteiger partial charge in [-0.05, 0) is 44.8 Å². The van der Waals surface area contributed by atoms with Crippen LogP contribution in [-0.4, -0.2) is 38.3 Å². The Bertz CT molecular complexity index is 140. The van der Waals surface area contributed by atoms with Crippen LogP contribution in [0.25, 0.3) is 0 Å². The topological polar surface area (TPSA) is 12.5 Å². The van der Waals surface area contributed by atoms with Gasteiger partial charge in [0.15, 0.2) is 0 Å². The van der Waals surface area contributed by atoms with Crippen molar-refractivity contribution in [3.05, 3.63) is 0 Å². The number of rotatable bonds is 12. The first-order valence-corrected chi connectivity index (χ1v) is 7.49. The third kappa shape index (κ3) is 9.61. The predicted octanol–water partition coefficient (Wildman–Crippen LogP) is 3.95. The summed E-state index contributed by atoms with van der Waals surface area (Å²) in [6.45, 7) is 11.4. The first-order chi connectivity index (χ1) is 8.28. The summed E-state index contributed by atoms with van der Waals surface area (Å²) in [5, 5.41) is 0. The number of hydrogen-bond donors (Lipinski definition) is 0. The largest absolute Gasteiger partial charge is 0.384 e. The van der Waals surface area contributed by atoms with Crippen LogP contribution in [0.3, 0.4) is 0 Å². The van der Waals surface area contributed by atoms with E-state index < -0.39 is 0 Å². The molecule has 0 aliphatic rings. The minimum Gasteiger partial charge on any atom is -0.384 e. The molecule has 0 N–H and O–H groups in total. The SMILES string of the molecule is CCC[C@H](CCCCCN(CC)CC)COC. The molecule has 0 saturated carbocycles. The fraction of sp³-hybridized carbons (Fsp3) is 1.00. The molecule has 0 aliphatic carbocycles. The zero-order chi connectivity index (χ0) is 12.9. The van der Waals surface area contributed by atoms with Gasteiger partial charge in [0.05, 0.1) is 0 Å². The second kappa shape index (κ2) is 12.4. The third-order valence-electron chi connectivity index (χ3n) is 3.58. The van der Waals surface area contributed by atoms with E-state index >= 15 is 0 Å². The smallest absolute Gasteiger partial charge is 0.0490 e. The van der Waals surface area contributed by atoms with Crippen LogP contribution in [0.5, 0.6) is 0 Å². The first kappa shape index (κ1) is 16.9. The molecule has 0 aromatic rings. The molecule has 0 aliphatic heterocycles. The van der Waals surface area contributed by atoms with Crippen LogP contribution in [0, 0.1) is 5.92 Å². The molecule has 104 valence electrons. The molecule has 2 heteroatoms. The second-order valence-electron chi connectivity index (χ2n) is 4.99. The average molecular weight is 243 g/mol. The Morgan fingerprint density at radius 2 is 1.65 bits per heavy atom. The molecule has 0 aromatic heterocycles. The fourth-order valence-corrected chi connectivity index (χ4v) is 2.44. The van der Waals surface area contributed by atoms with Gasteiger partial charge in [0.2, 0.25) is 0 Å². The van der Waals surface area contributed by atoms with Gasteiger partial charge in [0, 0.05) is 13.7 Å². The van der Waals surface area contributed by atoms with E-state index in [-0.39, 0.29) is 0 Å². The Morgan fingerprint density at radius 3 is 2.18 bits per heavy atom. The highest BCUT2D eigenvalue weighted by atomic mass is 16.5. The maximum atomic E-state index is 5.28. The Hall–Kier alpha value is -0.0800. The van der Waals surface area contributed by atoms with Gasteiger partial charge in [-0.1, -0.05) is 40.0 Å². The molecule has 0 heterocycles. The van der Waals surface area contributed by atoms with E-state index in [4.69, 9.17) is 4.74 Å². The molecular formula is C15H33NO. The Morgan fingerprint density at radius 1 is 0.941 bits per heavy atom. The molecule has 0 bridgehead atoms. The van der Waals surface area contributed by atoms with E-state index in [0.717, 1.165) is 12.5 Å². The standard InChI is InChI=1S/C15H33NO/c1-5-11-15(14-17-4)12-9-8-10-13-16(6-2)7-3/h15H,5-14H2,1-4H3/t15-/m1/s1. The number of methoxy groups -OCH3 is 1. The van der Waals surface area contributed by atoms with E-state index in [1.165, 1.54) is 58.2 Å². The van der Waals surface area contributed by atoms with Crippen LogP contribution in [0.1, 0.15) is 59.3 Å². The molecule has 0 spiro atoms. The van der Waals surface area contributed by atoms with Crippen molar-refractivity contribution in [3.8, 4) is 0 Å². The summed E-state index contributed by atoms with van der Waals surface area (Å²) < 4.78 is 5.28. The summed E-state index contributed by atoms with van der Waals surface area (Å²) in [6, 6.07) is 0. The van der Waals surface area contributed by atoms with Gasteiger partial charge in [-0.25, -0.2) is 0 Å². The molecular weight excluding hydrogens is 210 g/mol. The zero-order valence-electron chi connectivity index (χ0n) is 12.5. The van der Waals surface area contributed by atoms with Crippen LogP contribution in [0.2, 0.25) is 0 Å². The van der Waals surface area contributed by atoms with Gasteiger partial charge in [-0.15, -0.1) is 0 Å². The van der Waals surface area contributed by atoms with E-state index in [1.54, 1.807) is 0 Å². The lowest BCUT2D eigenvalue weighted by atomic mass is 9.97. The van der Waals surface area contributed by atoms with Crippen molar-refractivity contribution in [1.29, 1.82) is 0 Å². The average Bonchev–Trinajstić information content (AvgIpc) is 2.34. The molecule has 0 unspecified atom stereocenters. The van der Waals surface area contributed by atoms with Crippen LogP contribution in [-0.2, 0) is 4.74 Å². The second-order valence-corrected chi connectivity index (χ2v) is 4.99. The Labute approximate surface area is 109 Å². The summed E-state index contributed by atoms with van der Waals surface area (Å²) in [5.41, 5.74) is 0. The monoisotopic (exact) mass is 243 g/mol. The number of unbranched alkanes of at least 4 members (excludes halogenated alkanes) is 2. The van der Waals surface area contributed by atoms with Gasteiger partial charge < -0.3 is 9.64 Å². The van der Waals surface area contributed by atoms with Gasteiger partial charge in [-0.3, -0.25) is 0 Å². The zero-order valence-corrected chi connectivity index (χ0v) is 12.5. The highest BCUT2D eigenvalue weighted by molar-refractivity contribution is 4.59. The number of ether oxygens (including phenoxy) is 1. The summed E-state index contributed by atoms with van der Waals surface area (Å²) in [6.07, 6.45) is 8.06. The highest BCUT2D eigenvalue weighted by Crippen LogP contribution is 2.16. The van der Waals surface area contributed by atoms with Gasteiger partial charge in [0.25, 0.3) is 0 Å². The number of nitrogens with zero attached hydrogens (tertiary/aromatic N) is 1. The Kier molecular flexibility index (Phi) is 12.3. The minimum atomic E-state index is 0.790. The van der Waals surface area contributed by atoms with Crippen LogP contribution in [0.15, 0.2) is 0 Å². The van der Waals surface area contributed by atoms with Gasteiger partial charge in [0.1, 0.15) is 0 Å². The lowest BCUT2D eigenvalue weighted by Gasteiger charge is -2.18. The van der Waals surface area contributed by atoms with E-state index in [9.17, 15) is 0 Å². The highest BCUT2D eigenvalue weighted by Gasteiger charge is 2.07. The van der Waals surface area contributed by atoms with Crippen LogP contribution < -0.4 is 0 Å². The lowest BCUT2D eigenvalue weighted by Crippen LogP contribution is -2.23. The van der Waals surface area contributed by atoms with E-state index in [0.29, 0.717) is 0 Å². The molecule has 0 radical (unpaired) electrons. The summed E-state index contributed by atoms with van der Waals surface area (Å²) in [7, 11) is 1.82. The quantitative estimate of drug-likeness (QED) is 0.481. The third-order valence-corrected chi connectivity index (χ3v) is 3.58. The van der Waals surface area contributed by atoms with Crippen molar-refractivity contribution >= 4 is 0 Å². The van der Waals surface area contributed by atoms with Crippen LogP contribution >= 0.6 is 0 Å². The minimum absolute atomic E-state index is 0.790. The lowest BCUT2D eigenvalue weighted by molar-refractivity contribution is 0.141. The molecule has 17 heavy (non-hydrogen) atoms. The van der Waals surface area contributed by atoms with E-state index in [2.05, 4.69) is 25.7 Å². The van der Waals surface area contributed by atoms with Crippen LogP contribution in [0.4, 0.5) is 0 Å². The number of hydrogen-bond acceptors (Lipinski definition) is 2. The molecule has 0 saturated heterocycles. The summed E-state index contributed by atoms with van der Waals surface area (Å²) in [5.74, 6) is 0.790. The molecule has 1 atom stereocenters. The predicted molar refractivity (Wildman–Crippen MR) is 76.5 cm³/mol. The molecule has 2 nitrogen and oxygen atoms in total. The maximum Gasteiger partial charge on any atom is 0.0490 e. The molecule has 0 rings (SSSR count). The van der Waals surface area contributed by atoms with Crippen molar-refractivity contribution in [3.63, 3.8) is 0 Å². The van der Waals surface area contributed by atoms with Crippen molar-refractivity contribution < 1.29 is 4.74 Å². The van der Waals surface area contributed by atoms with Crippen molar-refractivity contribution in [2.75, 3.05) is 33.4 Å². The molecule has 0 amide bonds. The fourth-order valence-electron chi connectivity index (χ4n) is 2.44. The summed E-state index contributed by atoms with van der Waals surface area (Å²) in [4.78, 5) is 2.51. The van der Waals surface area contributed by atoms with Gasteiger partial charge in [-0.2, -0.15) is 0 Å². The molecule has 0 aromatic carbocycles. The van der Waals surface area contributed by atoms with Crippen molar-refractivity contribution in [2.45, 2.75) is 59.3 Å².